The SMILES string of the molecule is Cc1ccc(S(=O)(=O)Nc2ccc3c(c2)C(=O)N(CCNc2ccccc2)C3=O)cc1. The fourth-order valence-corrected chi connectivity index (χ4v) is 4.41. The molecule has 0 saturated carbocycles. The Morgan fingerprint density at radius 3 is 2.19 bits per heavy atom. The van der Waals surface area contributed by atoms with E-state index in [-0.39, 0.29) is 34.2 Å². The highest BCUT2D eigenvalue weighted by Gasteiger charge is 2.35. The van der Waals surface area contributed by atoms with E-state index in [4.69, 9.17) is 0 Å². The van der Waals surface area contributed by atoms with Crippen LogP contribution in [0.25, 0.3) is 0 Å². The van der Waals surface area contributed by atoms with Crippen LogP contribution in [0.3, 0.4) is 0 Å². The van der Waals surface area contributed by atoms with Gasteiger partial charge in [-0.2, -0.15) is 0 Å². The number of para-hydroxylation sites is 1. The lowest BCUT2D eigenvalue weighted by Crippen LogP contribution is -2.34. The Morgan fingerprint density at radius 2 is 1.48 bits per heavy atom. The minimum Gasteiger partial charge on any atom is -0.383 e. The van der Waals surface area contributed by atoms with Crippen LogP contribution in [0.2, 0.25) is 0 Å². The average Bonchev–Trinajstić information content (AvgIpc) is 2.99. The van der Waals surface area contributed by atoms with Gasteiger partial charge in [-0.1, -0.05) is 35.9 Å². The second-order valence-corrected chi connectivity index (χ2v) is 8.92. The second kappa shape index (κ2) is 8.23. The van der Waals surface area contributed by atoms with Crippen molar-refractivity contribution in [3.8, 4) is 0 Å². The molecule has 7 nitrogen and oxygen atoms in total. The van der Waals surface area contributed by atoms with Crippen LogP contribution in [0.5, 0.6) is 0 Å². The molecular weight excluding hydrogens is 414 g/mol. The third kappa shape index (κ3) is 4.29. The highest BCUT2D eigenvalue weighted by atomic mass is 32.2. The van der Waals surface area contributed by atoms with E-state index < -0.39 is 15.9 Å². The third-order valence-corrected chi connectivity index (χ3v) is 6.39. The summed E-state index contributed by atoms with van der Waals surface area (Å²) >= 11 is 0. The molecule has 1 aliphatic heterocycles. The third-order valence-electron chi connectivity index (χ3n) is 4.99. The molecule has 0 fully saturated rings. The number of imide groups is 1. The minimum absolute atomic E-state index is 0.120. The van der Waals surface area contributed by atoms with E-state index in [0.717, 1.165) is 11.3 Å². The van der Waals surface area contributed by atoms with Crippen LogP contribution in [0, 0.1) is 6.92 Å². The standard InChI is InChI=1S/C23H21N3O4S/c1-16-7-10-19(11-8-16)31(29,30)25-18-9-12-20-21(15-18)23(28)26(22(20)27)14-13-24-17-5-3-2-4-6-17/h2-12,15,24-25H,13-14H2,1H3. The largest absolute Gasteiger partial charge is 0.383 e. The first kappa shape index (κ1) is 20.6. The van der Waals surface area contributed by atoms with Gasteiger partial charge in [-0.3, -0.25) is 19.2 Å². The molecule has 8 heteroatoms. The van der Waals surface area contributed by atoms with Gasteiger partial charge in [-0.25, -0.2) is 8.42 Å². The van der Waals surface area contributed by atoms with Crippen molar-refractivity contribution < 1.29 is 18.0 Å². The predicted molar refractivity (Wildman–Crippen MR) is 119 cm³/mol. The maximum atomic E-state index is 12.8. The number of aryl methyl sites for hydroxylation is 1. The quantitative estimate of drug-likeness (QED) is 0.554. The topological polar surface area (TPSA) is 95.6 Å². The highest BCUT2D eigenvalue weighted by Crippen LogP contribution is 2.27. The lowest BCUT2D eigenvalue weighted by Gasteiger charge is -2.14. The van der Waals surface area contributed by atoms with Crippen LogP contribution in [0.4, 0.5) is 11.4 Å². The lowest BCUT2D eigenvalue weighted by atomic mass is 10.1. The smallest absolute Gasteiger partial charge is 0.261 e. The van der Waals surface area contributed by atoms with Crippen LogP contribution in [0.15, 0.2) is 77.7 Å². The van der Waals surface area contributed by atoms with Gasteiger partial charge in [0.15, 0.2) is 0 Å². The monoisotopic (exact) mass is 435 g/mol. The van der Waals surface area contributed by atoms with Crippen molar-refractivity contribution in [3.63, 3.8) is 0 Å². The van der Waals surface area contributed by atoms with Gasteiger partial charge in [0.1, 0.15) is 0 Å². The molecule has 3 aromatic carbocycles. The zero-order valence-electron chi connectivity index (χ0n) is 16.8. The van der Waals surface area contributed by atoms with Crippen LogP contribution in [0.1, 0.15) is 26.3 Å². The summed E-state index contributed by atoms with van der Waals surface area (Å²) in [6.07, 6.45) is 0. The van der Waals surface area contributed by atoms with Gasteiger partial charge in [0.2, 0.25) is 0 Å². The minimum atomic E-state index is -3.81. The molecule has 158 valence electrons. The molecule has 31 heavy (non-hydrogen) atoms. The van der Waals surface area contributed by atoms with E-state index in [1.165, 1.54) is 35.2 Å². The van der Waals surface area contributed by atoms with Gasteiger partial charge >= 0.3 is 0 Å². The van der Waals surface area contributed by atoms with Crippen molar-refractivity contribution in [3.05, 3.63) is 89.5 Å². The molecule has 0 radical (unpaired) electrons. The Bertz CT molecular complexity index is 1240. The van der Waals surface area contributed by atoms with Crippen LogP contribution >= 0.6 is 0 Å². The molecule has 0 unspecified atom stereocenters. The van der Waals surface area contributed by atoms with Crippen molar-refractivity contribution >= 4 is 33.2 Å². The number of nitrogens with one attached hydrogen (secondary N) is 2. The summed E-state index contributed by atoms with van der Waals surface area (Å²) in [5.41, 5.74) is 2.52. The first-order valence-corrected chi connectivity index (χ1v) is 11.2. The van der Waals surface area contributed by atoms with E-state index in [0.29, 0.717) is 6.54 Å². The first-order valence-electron chi connectivity index (χ1n) is 9.74. The lowest BCUT2D eigenvalue weighted by molar-refractivity contribution is 0.0660. The number of sulfonamides is 1. The molecule has 4 rings (SSSR count). The number of benzene rings is 3. The summed E-state index contributed by atoms with van der Waals surface area (Å²) in [4.78, 5) is 26.7. The Balaban J connectivity index is 1.48. The number of hydrogen-bond acceptors (Lipinski definition) is 5. The summed E-state index contributed by atoms with van der Waals surface area (Å²) in [5.74, 6) is -0.825. The number of anilines is 2. The van der Waals surface area contributed by atoms with E-state index in [9.17, 15) is 18.0 Å². The number of amides is 2. The van der Waals surface area contributed by atoms with E-state index in [1.54, 1.807) is 12.1 Å². The molecule has 0 atom stereocenters. The zero-order valence-corrected chi connectivity index (χ0v) is 17.6. The van der Waals surface area contributed by atoms with Gasteiger partial charge in [0.25, 0.3) is 21.8 Å². The second-order valence-electron chi connectivity index (χ2n) is 7.23. The normalized spacial score (nSPS) is 13.3. The molecule has 0 spiro atoms. The Kier molecular flexibility index (Phi) is 5.48. The zero-order chi connectivity index (χ0) is 22.0. The molecule has 0 saturated heterocycles. The van der Waals surface area contributed by atoms with Gasteiger partial charge in [-0.15, -0.1) is 0 Å². The van der Waals surface area contributed by atoms with E-state index in [2.05, 4.69) is 10.0 Å². The van der Waals surface area contributed by atoms with Crippen LogP contribution in [-0.4, -0.2) is 38.2 Å². The molecule has 0 aromatic heterocycles. The summed E-state index contributed by atoms with van der Waals surface area (Å²) in [6.45, 7) is 2.47. The van der Waals surface area contributed by atoms with Gasteiger partial charge in [0.05, 0.1) is 16.0 Å². The number of carbonyl (C=O) groups excluding carboxylic acids is 2. The summed E-state index contributed by atoms with van der Waals surface area (Å²) in [6, 6.07) is 20.3. The molecule has 2 N–H and O–H groups in total. The van der Waals surface area contributed by atoms with Crippen LogP contribution < -0.4 is 10.0 Å². The molecule has 0 bridgehead atoms. The molecule has 2 amide bonds. The predicted octanol–water partition coefficient (Wildman–Crippen LogP) is 3.50. The molecule has 3 aromatic rings. The van der Waals surface area contributed by atoms with E-state index in [1.807, 2.05) is 37.3 Å². The van der Waals surface area contributed by atoms with Crippen LogP contribution in [-0.2, 0) is 10.0 Å². The summed E-state index contributed by atoms with van der Waals surface area (Å²) < 4.78 is 27.7. The summed E-state index contributed by atoms with van der Waals surface area (Å²) in [7, 11) is -3.81. The Labute approximate surface area is 180 Å². The van der Waals surface area contributed by atoms with Crippen molar-refractivity contribution in [1.82, 2.24) is 4.90 Å². The number of carbonyl (C=O) groups is 2. The highest BCUT2D eigenvalue weighted by molar-refractivity contribution is 7.92. The Hall–Kier alpha value is -3.65. The first-order chi connectivity index (χ1) is 14.8. The fraction of sp³-hybridized carbons (Fsp3) is 0.130. The number of fused-ring (bicyclic) bond motifs is 1. The molecule has 1 heterocycles. The molecule has 1 aliphatic rings. The number of rotatable bonds is 7. The van der Waals surface area contributed by atoms with E-state index >= 15 is 0 Å². The van der Waals surface area contributed by atoms with Gasteiger partial charge in [0, 0.05) is 24.5 Å². The maximum Gasteiger partial charge on any atom is 0.261 e. The molecular formula is C23H21N3O4S. The van der Waals surface area contributed by atoms with Crippen molar-refractivity contribution in [2.75, 3.05) is 23.1 Å². The summed E-state index contributed by atoms with van der Waals surface area (Å²) in [5, 5.41) is 3.17. The number of hydrogen-bond donors (Lipinski definition) is 2. The average molecular weight is 436 g/mol. The maximum absolute atomic E-state index is 12.8. The number of nitrogens with zero attached hydrogens (tertiary/aromatic N) is 1. The van der Waals surface area contributed by atoms with Gasteiger partial charge in [-0.05, 0) is 49.4 Å². The Morgan fingerprint density at radius 1 is 0.806 bits per heavy atom. The van der Waals surface area contributed by atoms with Crippen molar-refractivity contribution in [2.45, 2.75) is 11.8 Å². The van der Waals surface area contributed by atoms with Crippen molar-refractivity contribution in [1.29, 1.82) is 0 Å². The fourth-order valence-electron chi connectivity index (χ4n) is 3.36. The van der Waals surface area contributed by atoms with Crippen molar-refractivity contribution in [2.24, 2.45) is 0 Å². The van der Waals surface area contributed by atoms with Gasteiger partial charge < -0.3 is 5.32 Å². The molecule has 0 aliphatic carbocycles.